The van der Waals surface area contributed by atoms with Crippen LogP contribution in [0.3, 0.4) is 0 Å². The van der Waals surface area contributed by atoms with E-state index in [-0.39, 0.29) is 12.8 Å². The fourth-order valence-corrected chi connectivity index (χ4v) is 3.73. The van der Waals surface area contributed by atoms with E-state index in [0.717, 1.165) is 28.8 Å². The molecule has 3 aromatic rings. The van der Waals surface area contributed by atoms with E-state index >= 15 is 0 Å². The third-order valence-corrected chi connectivity index (χ3v) is 4.69. The Labute approximate surface area is 148 Å². The summed E-state index contributed by atoms with van der Waals surface area (Å²) in [4.78, 5) is 9.20. The van der Waals surface area contributed by atoms with Crippen LogP contribution in [-0.4, -0.2) is 29.4 Å². The number of fused-ring (bicyclic) bond motifs is 3. The van der Waals surface area contributed by atoms with E-state index in [1.54, 1.807) is 0 Å². The number of aliphatic hydroxyl groups excluding tert-OH is 1. The maximum Gasteiger partial charge on any atom is 0.130 e. The molecule has 0 fully saturated rings. The number of rotatable bonds is 4. The maximum atomic E-state index is 10.2. The number of aromatic nitrogens is 1. The minimum Gasteiger partial charge on any atom is -0.392 e. The minimum absolute atomic E-state index is 0.0601. The molecule has 25 heavy (non-hydrogen) atoms. The van der Waals surface area contributed by atoms with Crippen LogP contribution in [0.25, 0.3) is 10.9 Å². The average molecular weight is 333 g/mol. The molecule has 4 heteroatoms. The van der Waals surface area contributed by atoms with Gasteiger partial charge in [-0.1, -0.05) is 50.2 Å². The monoisotopic (exact) mass is 333 g/mol. The molecule has 2 heterocycles. The zero-order valence-electron chi connectivity index (χ0n) is 14.6. The standard InChI is InChI=1S/C21H23N3O/c1-15(2)13-23-20(14-25)24(16-8-4-3-5-9-16)19-12-22-18-11-7-6-10-17(18)21(19)23/h3-12,15,20,25H,13-14H2,1-2H3. The predicted molar refractivity (Wildman–Crippen MR) is 103 cm³/mol. The van der Waals surface area contributed by atoms with Crippen LogP contribution in [0.2, 0.25) is 0 Å². The van der Waals surface area contributed by atoms with E-state index < -0.39 is 0 Å². The summed E-state index contributed by atoms with van der Waals surface area (Å²) in [6.07, 6.45) is 1.82. The van der Waals surface area contributed by atoms with Crippen molar-refractivity contribution in [3.8, 4) is 0 Å². The Morgan fingerprint density at radius 1 is 1.04 bits per heavy atom. The molecule has 1 aliphatic heterocycles. The first-order valence-electron chi connectivity index (χ1n) is 8.80. The van der Waals surface area contributed by atoms with Gasteiger partial charge in [-0.15, -0.1) is 0 Å². The van der Waals surface area contributed by atoms with Gasteiger partial charge in [-0.2, -0.15) is 0 Å². The van der Waals surface area contributed by atoms with E-state index in [2.05, 4.69) is 52.9 Å². The van der Waals surface area contributed by atoms with Gasteiger partial charge in [0.25, 0.3) is 0 Å². The lowest BCUT2D eigenvalue weighted by Crippen LogP contribution is -2.45. The van der Waals surface area contributed by atoms with Crippen molar-refractivity contribution < 1.29 is 5.11 Å². The molecule has 1 N–H and O–H groups in total. The zero-order valence-corrected chi connectivity index (χ0v) is 14.6. The van der Waals surface area contributed by atoms with Crippen LogP contribution < -0.4 is 9.80 Å². The molecule has 0 saturated heterocycles. The molecule has 1 aromatic heterocycles. The molecule has 0 amide bonds. The third-order valence-electron chi connectivity index (χ3n) is 4.69. The zero-order chi connectivity index (χ0) is 17.4. The summed E-state index contributed by atoms with van der Waals surface area (Å²) < 4.78 is 0. The van der Waals surface area contributed by atoms with Gasteiger partial charge in [-0.3, -0.25) is 4.98 Å². The molecular weight excluding hydrogens is 310 g/mol. The van der Waals surface area contributed by atoms with Crippen LogP contribution in [0, 0.1) is 5.92 Å². The molecule has 1 aliphatic rings. The summed E-state index contributed by atoms with van der Waals surface area (Å²) in [5, 5.41) is 11.4. The number of nitrogens with zero attached hydrogens (tertiary/aromatic N) is 3. The smallest absolute Gasteiger partial charge is 0.130 e. The molecule has 4 nitrogen and oxygen atoms in total. The number of para-hydroxylation sites is 2. The second-order valence-corrected chi connectivity index (χ2v) is 6.92. The summed E-state index contributed by atoms with van der Waals surface area (Å²) in [7, 11) is 0. The van der Waals surface area contributed by atoms with Gasteiger partial charge in [0, 0.05) is 17.6 Å². The molecule has 4 rings (SSSR count). The summed E-state index contributed by atoms with van der Waals surface area (Å²) >= 11 is 0. The van der Waals surface area contributed by atoms with Crippen molar-refractivity contribution in [3.63, 3.8) is 0 Å². The predicted octanol–water partition coefficient (Wildman–Crippen LogP) is 4.17. The molecule has 0 spiro atoms. The highest BCUT2D eigenvalue weighted by Crippen LogP contribution is 2.47. The highest BCUT2D eigenvalue weighted by molar-refractivity contribution is 6.02. The fraction of sp³-hybridized carbons (Fsp3) is 0.286. The molecule has 0 radical (unpaired) electrons. The quantitative estimate of drug-likeness (QED) is 0.778. The first-order valence-corrected chi connectivity index (χ1v) is 8.80. The van der Waals surface area contributed by atoms with Crippen molar-refractivity contribution in [2.75, 3.05) is 23.0 Å². The van der Waals surface area contributed by atoms with Crippen LogP contribution >= 0.6 is 0 Å². The lowest BCUT2D eigenvalue weighted by atomic mass is 10.1. The highest BCUT2D eigenvalue weighted by atomic mass is 16.3. The Morgan fingerprint density at radius 3 is 2.48 bits per heavy atom. The Kier molecular flexibility index (Phi) is 4.06. The number of benzene rings is 2. The summed E-state index contributed by atoms with van der Waals surface area (Å²) in [6.45, 7) is 5.37. The lowest BCUT2D eigenvalue weighted by molar-refractivity contribution is 0.262. The number of hydrogen-bond donors (Lipinski definition) is 1. The second kappa shape index (κ2) is 6.37. The van der Waals surface area contributed by atoms with Crippen LogP contribution in [0.5, 0.6) is 0 Å². The maximum absolute atomic E-state index is 10.2. The Hall–Kier alpha value is -2.59. The molecule has 1 unspecified atom stereocenters. The van der Waals surface area contributed by atoms with Crippen molar-refractivity contribution in [1.29, 1.82) is 0 Å². The average Bonchev–Trinajstić information content (AvgIpc) is 2.95. The Balaban J connectivity index is 1.96. The number of pyridine rings is 1. The number of anilines is 3. The van der Waals surface area contributed by atoms with Crippen LogP contribution in [0.1, 0.15) is 13.8 Å². The van der Waals surface area contributed by atoms with Gasteiger partial charge in [0.2, 0.25) is 0 Å². The first-order chi connectivity index (χ1) is 12.2. The van der Waals surface area contributed by atoms with Gasteiger partial charge >= 0.3 is 0 Å². The van der Waals surface area contributed by atoms with Crippen LogP contribution in [-0.2, 0) is 0 Å². The van der Waals surface area contributed by atoms with E-state index in [0.29, 0.717) is 5.92 Å². The van der Waals surface area contributed by atoms with E-state index in [4.69, 9.17) is 0 Å². The van der Waals surface area contributed by atoms with Gasteiger partial charge in [0.1, 0.15) is 6.17 Å². The summed E-state index contributed by atoms with van der Waals surface area (Å²) in [6, 6.07) is 18.5. The number of aliphatic hydroxyl groups is 1. The molecule has 0 bridgehead atoms. The summed E-state index contributed by atoms with van der Waals surface area (Å²) in [5.41, 5.74) is 4.29. The Morgan fingerprint density at radius 2 is 1.76 bits per heavy atom. The number of hydrogen-bond acceptors (Lipinski definition) is 4. The SMILES string of the molecule is CC(C)CN1c2c(cnc3ccccc23)N(c2ccccc2)C1CO. The topological polar surface area (TPSA) is 39.6 Å². The highest BCUT2D eigenvalue weighted by Gasteiger charge is 2.38. The normalized spacial score (nSPS) is 16.7. The van der Waals surface area contributed by atoms with Crippen LogP contribution in [0.4, 0.5) is 17.1 Å². The molecular formula is C21H23N3O. The van der Waals surface area contributed by atoms with Gasteiger partial charge in [0.15, 0.2) is 0 Å². The summed E-state index contributed by atoms with van der Waals surface area (Å²) in [5.74, 6) is 0.490. The van der Waals surface area contributed by atoms with Crippen molar-refractivity contribution >= 4 is 28.0 Å². The van der Waals surface area contributed by atoms with Gasteiger partial charge in [-0.05, 0) is 24.1 Å². The van der Waals surface area contributed by atoms with E-state index in [1.807, 2.05) is 36.5 Å². The van der Waals surface area contributed by atoms with Crippen LogP contribution in [0.15, 0.2) is 60.8 Å². The van der Waals surface area contributed by atoms with Gasteiger partial charge in [-0.25, -0.2) is 0 Å². The minimum atomic E-state index is -0.118. The lowest BCUT2D eigenvalue weighted by Gasteiger charge is -2.32. The fourth-order valence-electron chi connectivity index (χ4n) is 3.73. The first kappa shape index (κ1) is 15.9. The second-order valence-electron chi connectivity index (χ2n) is 6.92. The van der Waals surface area contributed by atoms with Crippen molar-refractivity contribution in [2.45, 2.75) is 20.0 Å². The largest absolute Gasteiger partial charge is 0.392 e. The molecule has 0 aliphatic carbocycles. The van der Waals surface area contributed by atoms with Gasteiger partial charge in [0.05, 0.1) is 29.7 Å². The van der Waals surface area contributed by atoms with E-state index in [9.17, 15) is 5.11 Å². The molecule has 128 valence electrons. The molecule has 0 saturated carbocycles. The third kappa shape index (κ3) is 2.63. The van der Waals surface area contributed by atoms with E-state index in [1.165, 1.54) is 5.69 Å². The Bertz CT molecular complexity index is 879. The van der Waals surface area contributed by atoms with Crippen molar-refractivity contribution in [3.05, 3.63) is 60.8 Å². The van der Waals surface area contributed by atoms with Gasteiger partial charge < -0.3 is 14.9 Å². The van der Waals surface area contributed by atoms with Crippen molar-refractivity contribution in [1.82, 2.24) is 4.98 Å². The van der Waals surface area contributed by atoms with Crippen molar-refractivity contribution in [2.24, 2.45) is 5.92 Å². The molecule has 1 atom stereocenters. The molecule has 2 aromatic carbocycles.